The monoisotopic (exact) mass is 227 g/mol. The maximum atomic E-state index is 10.9. The second kappa shape index (κ2) is 4.49. The minimum atomic E-state index is -0.444. The van der Waals surface area contributed by atoms with Crippen molar-refractivity contribution < 1.29 is 4.92 Å². The van der Waals surface area contributed by atoms with Crippen molar-refractivity contribution in [1.29, 1.82) is 0 Å². The van der Waals surface area contributed by atoms with E-state index < -0.39 is 4.92 Å². The Balaban J connectivity index is 2.63. The summed E-state index contributed by atoms with van der Waals surface area (Å²) < 4.78 is 0. The molecule has 0 aliphatic heterocycles. The molecule has 0 saturated heterocycles. The fourth-order valence-electron chi connectivity index (χ4n) is 1.61. The van der Waals surface area contributed by atoms with Crippen LogP contribution in [0.15, 0.2) is 30.5 Å². The van der Waals surface area contributed by atoms with Crippen molar-refractivity contribution in [3.05, 3.63) is 40.6 Å². The number of nitro benzene ring substituents is 1. The molecule has 1 aromatic heterocycles. The summed E-state index contributed by atoms with van der Waals surface area (Å²) in [5, 5.41) is 14.5. The Morgan fingerprint density at radius 3 is 3.00 bits per heavy atom. The van der Waals surface area contributed by atoms with Gasteiger partial charge in [-0.2, -0.15) is 0 Å². The van der Waals surface area contributed by atoms with Crippen LogP contribution in [-0.4, -0.2) is 16.5 Å². The zero-order valence-electron chi connectivity index (χ0n) is 8.88. The number of terminal acetylenes is 1. The number of hydrogen-bond acceptors (Lipinski definition) is 4. The van der Waals surface area contributed by atoms with Crippen LogP contribution in [-0.2, 0) is 0 Å². The van der Waals surface area contributed by atoms with Crippen LogP contribution in [0.5, 0.6) is 0 Å². The summed E-state index contributed by atoms with van der Waals surface area (Å²) in [6.45, 7) is 0.363. The van der Waals surface area contributed by atoms with E-state index in [1.54, 1.807) is 18.2 Å². The Hall–Kier alpha value is -2.61. The number of pyridine rings is 1. The molecule has 0 aliphatic carbocycles. The minimum Gasteiger partial charge on any atom is -0.374 e. The Morgan fingerprint density at radius 1 is 1.47 bits per heavy atom. The molecule has 0 atom stereocenters. The number of rotatable bonds is 3. The van der Waals surface area contributed by atoms with Crippen LogP contribution in [0.3, 0.4) is 0 Å². The van der Waals surface area contributed by atoms with Gasteiger partial charge in [-0.15, -0.1) is 6.42 Å². The first-order valence-corrected chi connectivity index (χ1v) is 4.93. The zero-order valence-corrected chi connectivity index (χ0v) is 8.88. The molecule has 0 unspecified atom stereocenters. The van der Waals surface area contributed by atoms with Crippen molar-refractivity contribution in [2.24, 2.45) is 0 Å². The topological polar surface area (TPSA) is 68.1 Å². The van der Waals surface area contributed by atoms with Crippen LogP contribution in [0.25, 0.3) is 10.9 Å². The smallest absolute Gasteiger partial charge is 0.295 e. The maximum Gasteiger partial charge on any atom is 0.295 e. The quantitative estimate of drug-likeness (QED) is 0.495. The lowest BCUT2D eigenvalue weighted by atomic mass is 10.1. The standard InChI is InChI=1S/C12H9N3O2/c1-2-7-13-10-5-6-11(15(16)17)12-9(10)4-3-8-14-12/h1,3-6,8,13H,7H2. The molecular weight excluding hydrogens is 218 g/mol. The van der Waals surface area contributed by atoms with E-state index in [4.69, 9.17) is 6.42 Å². The molecule has 2 rings (SSSR count). The second-order valence-electron chi connectivity index (χ2n) is 3.35. The molecule has 84 valence electrons. The highest BCUT2D eigenvalue weighted by molar-refractivity contribution is 5.96. The molecule has 2 aromatic rings. The SMILES string of the molecule is C#CCNc1ccc([N+](=O)[O-])c2ncccc12. The molecule has 5 nitrogen and oxygen atoms in total. The molecule has 0 radical (unpaired) electrons. The summed E-state index contributed by atoms with van der Waals surface area (Å²) in [4.78, 5) is 14.4. The van der Waals surface area contributed by atoms with E-state index in [1.165, 1.54) is 12.3 Å². The molecule has 0 fully saturated rings. The lowest BCUT2D eigenvalue weighted by Gasteiger charge is -2.06. The van der Waals surface area contributed by atoms with Crippen LogP contribution in [0.4, 0.5) is 11.4 Å². The highest BCUT2D eigenvalue weighted by Crippen LogP contribution is 2.29. The van der Waals surface area contributed by atoms with E-state index in [9.17, 15) is 10.1 Å². The van der Waals surface area contributed by atoms with Gasteiger partial charge in [-0.25, -0.2) is 4.98 Å². The molecule has 0 saturated carbocycles. The first-order chi connectivity index (χ1) is 8.24. The number of fused-ring (bicyclic) bond motifs is 1. The molecule has 0 bridgehead atoms. The molecule has 1 aromatic carbocycles. The molecule has 0 spiro atoms. The van der Waals surface area contributed by atoms with E-state index in [1.807, 2.05) is 0 Å². The summed E-state index contributed by atoms with van der Waals surface area (Å²) >= 11 is 0. The zero-order chi connectivity index (χ0) is 12.3. The summed E-state index contributed by atoms with van der Waals surface area (Å²) in [5.41, 5.74) is 1.10. The number of non-ortho nitro benzene ring substituents is 1. The van der Waals surface area contributed by atoms with Gasteiger partial charge in [-0.3, -0.25) is 10.1 Å². The highest BCUT2D eigenvalue weighted by Gasteiger charge is 2.14. The summed E-state index contributed by atoms with van der Waals surface area (Å²) in [7, 11) is 0. The molecule has 17 heavy (non-hydrogen) atoms. The third-order valence-electron chi connectivity index (χ3n) is 2.33. The van der Waals surface area contributed by atoms with Crippen molar-refractivity contribution in [2.75, 3.05) is 11.9 Å². The molecule has 0 amide bonds. The van der Waals surface area contributed by atoms with Crippen LogP contribution in [0, 0.1) is 22.5 Å². The molecule has 5 heteroatoms. The van der Waals surface area contributed by atoms with Gasteiger partial charge in [-0.05, 0) is 18.2 Å². The predicted octanol–water partition coefficient (Wildman–Crippen LogP) is 2.19. The minimum absolute atomic E-state index is 0.00754. The number of nitrogens with zero attached hydrogens (tertiary/aromatic N) is 2. The molecule has 1 heterocycles. The van der Waals surface area contributed by atoms with Gasteiger partial charge in [0.25, 0.3) is 5.69 Å². The summed E-state index contributed by atoms with van der Waals surface area (Å²) in [6.07, 6.45) is 6.69. The van der Waals surface area contributed by atoms with Crippen molar-refractivity contribution >= 4 is 22.3 Å². The molecule has 1 N–H and O–H groups in total. The number of nitro groups is 1. The predicted molar refractivity (Wildman–Crippen MR) is 65.7 cm³/mol. The second-order valence-corrected chi connectivity index (χ2v) is 3.35. The van der Waals surface area contributed by atoms with E-state index in [-0.39, 0.29) is 5.69 Å². The Morgan fingerprint density at radius 2 is 2.29 bits per heavy atom. The third-order valence-corrected chi connectivity index (χ3v) is 2.33. The van der Waals surface area contributed by atoms with Gasteiger partial charge in [0.1, 0.15) is 5.52 Å². The number of anilines is 1. The summed E-state index contributed by atoms with van der Waals surface area (Å²) in [6, 6.07) is 6.56. The summed E-state index contributed by atoms with van der Waals surface area (Å²) in [5.74, 6) is 2.45. The van der Waals surface area contributed by atoms with Gasteiger partial charge in [0.15, 0.2) is 0 Å². The van der Waals surface area contributed by atoms with Crippen molar-refractivity contribution in [1.82, 2.24) is 4.98 Å². The Labute approximate surface area is 97.6 Å². The fraction of sp³-hybridized carbons (Fsp3) is 0.0833. The van der Waals surface area contributed by atoms with Crippen molar-refractivity contribution in [2.45, 2.75) is 0 Å². The highest BCUT2D eigenvalue weighted by atomic mass is 16.6. The lowest BCUT2D eigenvalue weighted by Crippen LogP contribution is -2.00. The first kappa shape index (κ1) is 10.9. The fourth-order valence-corrected chi connectivity index (χ4v) is 1.61. The average Bonchev–Trinajstić information content (AvgIpc) is 2.35. The Bertz CT molecular complexity index is 617. The third kappa shape index (κ3) is 2.01. The molecule has 0 aliphatic rings. The van der Waals surface area contributed by atoms with E-state index in [2.05, 4.69) is 16.2 Å². The number of benzene rings is 1. The van der Waals surface area contributed by atoms with Gasteiger partial charge in [0.2, 0.25) is 0 Å². The van der Waals surface area contributed by atoms with E-state index >= 15 is 0 Å². The van der Waals surface area contributed by atoms with Gasteiger partial charge < -0.3 is 5.32 Å². The van der Waals surface area contributed by atoms with Gasteiger partial charge in [0, 0.05) is 23.3 Å². The van der Waals surface area contributed by atoms with Crippen LogP contribution in [0.2, 0.25) is 0 Å². The maximum absolute atomic E-state index is 10.9. The van der Waals surface area contributed by atoms with Crippen molar-refractivity contribution in [3.8, 4) is 12.3 Å². The molecular formula is C12H9N3O2. The van der Waals surface area contributed by atoms with E-state index in [0.29, 0.717) is 17.4 Å². The number of hydrogen-bond donors (Lipinski definition) is 1. The van der Waals surface area contributed by atoms with Crippen LogP contribution >= 0.6 is 0 Å². The number of aromatic nitrogens is 1. The normalized spacial score (nSPS) is 9.82. The lowest BCUT2D eigenvalue weighted by molar-refractivity contribution is -0.383. The van der Waals surface area contributed by atoms with Crippen molar-refractivity contribution in [3.63, 3.8) is 0 Å². The first-order valence-electron chi connectivity index (χ1n) is 4.93. The van der Waals surface area contributed by atoms with Crippen LogP contribution in [0.1, 0.15) is 0 Å². The van der Waals surface area contributed by atoms with Gasteiger partial charge in [-0.1, -0.05) is 5.92 Å². The average molecular weight is 227 g/mol. The number of nitrogens with one attached hydrogen (secondary N) is 1. The Kier molecular flexibility index (Phi) is 2.88. The van der Waals surface area contributed by atoms with Gasteiger partial charge >= 0.3 is 0 Å². The van der Waals surface area contributed by atoms with E-state index in [0.717, 1.165) is 5.69 Å². The van der Waals surface area contributed by atoms with Crippen LogP contribution < -0.4 is 5.32 Å². The van der Waals surface area contributed by atoms with Gasteiger partial charge in [0.05, 0.1) is 11.5 Å². The largest absolute Gasteiger partial charge is 0.374 e.